The van der Waals surface area contributed by atoms with Crippen LogP contribution in [0.2, 0.25) is 0 Å². The summed E-state index contributed by atoms with van der Waals surface area (Å²) >= 11 is 0. The van der Waals surface area contributed by atoms with Gasteiger partial charge >= 0.3 is 0 Å². The van der Waals surface area contributed by atoms with Gasteiger partial charge in [-0.05, 0) is 19.1 Å². The van der Waals surface area contributed by atoms with Crippen molar-refractivity contribution in [3.05, 3.63) is 30.3 Å². The van der Waals surface area contributed by atoms with Crippen molar-refractivity contribution in [2.75, 3.05) is 5.01 Å². The molecule has 1 aromatic carbocycles. The Bertz CT molecular complexity index is 284. The largest absolute Gasteiger partial charge is 0.320 e. The van der Waals surface area contributed by atoms with Gasteiger partial charge in [0.1, 0.15) is 0 Å². The molecule has 1 rings (SSSR count). The van der Waals surface area contributed by atoms with Crippen LogP contribution in [-0.4, -0.2) is 11.9 Å². The number of rotatable bonds is 2. The summed E-state index contributed by atoms with van der Waals surface area (Å²) in [6.45, 7) is 1.60. The fourth-order valence-corrected chi connectivity index (χ4v) is 0.935. The number of carbonyl (C=O) groups excluding carboxylic acids is 1. The maximum Gasteiger partial charge on any atom is 0.257 e. The van der Waals surface area contributed by atoms with Crippen molar-refractivity contribution < 1.29 is 4.79 Å². The van der Waals surface area contributed by atoms with E-state index in [4.69, 9.17) is 11.6 Å². The Morgan fingerprint density at radius 1 is 1.38 bits per heavy atom. The van der Waals surface area contributed by atoms with E-state index in [2.05, 4.69) is 0 Å². The van der Waals surface area contributed by atoms with Crippen LogP contribution >= 0.6 is 0 Å². The van der Waals surface area contributed by atoms with Crippen molar-refractivity contribution in [2.45, 2.75) is 13.0 Å². The van der Waals surface area contributed by atoms with Gasteiger partial charge in [-0.15, -0.1) is 0 Å². The summed E-state index contributed by atoms with van der Waals surface area (Å²) in [5.74, 6) is 5.24. The van der Waals surface area contributed by atoms with Gasteiger partial charge < -0.3 is 5.73 Å². The summed E-state index contributed by atoms with van der Waals surface area (Å²) in [6, 6.07) is 8.40. The first-order chi connectivity index (χ1) is 6.13. The third-order valence-corrected chi connectivity index (χ3v) is 1.66. The minimum absolute atomic E-state index is 0.300. The summed E-state index contributed by atoms with van der Waals surface area (Å²) < 4.78 is 0. The molecular formula is C9H13N3O. The summed E-state index contributed by atoms with van der Waals surface area (Å²) in [5.41, 5.74) is 6.05. The molecule has 0 heterocycles. The Hall–Kier alpha value is -1.39. The number of nitrogens with two attached hydrogens (primary N) is 2. The maximum absolute atomic E-state index is 11.3. The highest BCUT2D eigenvalue weighted by Crippen LogP contribution is 2.09. The SMILES string of the molecule is C[C@H](N)C(=O)N(N)c1ccccc1. The number of nitrogens with zero attached hydrogens (tertiary/aromatic N) is 1. The van der Waals surface area contributed by atoms with E-state index in [0.717, 1.165) is 5.01 Å². The van der Waals surface area contributed by atoms with E-state index in [1.165, 1.54) is 0 Å². The molecule has 0 saturated carbocycles. The second-order valence-corrected chi connectivity index (χ2v) is 2.83. The Balaban J connectivity index is 2.80. The summed E-state index contributed by atoms with van der Waals surface area (Å²) in [5, 5.41) is 1.06. The molecule has 0 radical (unpaired) electrons. The van der Waals surface area contributed by atoms with Crippen LogP contribution in [0.25, 0.3) is 0 Å². The van der Waals surface area contributed by atoms with Crippen LogP contribution in [0.15, 0.2) is 30.3 Å². The van der Waals surface area contributed by atoms with Gasteiger partial charge in [0, 0.05) is 0 Å². The van der Waals surface area contributed by atoms with Crippen LogP contribution < -0.4 is 16.6 Å². The highest BCUT2D eigenvalue weighted by Gasteiger charge is 2.14. The topological polar surface area (TPSA) is 72.4 Å². The van der Waals surface area contributed by atoms with Crippen molar-refractivity contribution in [3.63, 3.8) is 0 Å². The number of hydrazine groups is 1. The molecule has 0 aromatic heterocycles. The molecule has 0 spiro atoms. The standard InChI is InChI=1S/C9H13N3O/c1-7(10)9(13)12(11)8-5-3-2-4-6-8/h2-7H,10-11H2,1H3/t7-/m0/s1. The molecule has 1 amide bonds. The van der Waals surface area contributed by atoms with E-state index in [9.17, 15) is 4.79 Å². The van der Waals surface area contributed by atoms with Crippen LogP contribution in [0.1, 0.15) is 6.92 Å². The third kappa shape index (κ3) is 2.27. The van der Waals surface area contributed by atoms with E-state index in [0.29, 0.717) is 5.69 Å². The number of hydrogen-bond acceptors (Lipinski definition) is 3. The van der Waals surface area contributed by atoms with Crippen LogP contribution in [0.3, 0.4) is 0 Å². The Kier molecular flexibility index (Phi) is 3.00. The number of amides is 1. The van der Waals surface area contributed by atoms with Gasteiger partial charge in [-0.25, -0.2) is 10.9 Å². The second-order valence-electron chi connectivity index (χ2n) is 2.83. The molecule has 1 atom stereocenters. The molecule has 0 aliphatic heterocycles. The van der Waals surface area contributed by atoms with E-state index >= 15 is 0 Å². The molecule has 13 heavy (non-hydrogen) atoms. The first kappa shape index (κ1) is 9.70. The second kappa shape index (κ2) is 4.02. The van der Waals surface area contributed by atoms with Gasteiger partial charge in [0.05, 0.1) is 11.7 Å². The number of hydrogen-bond donors (Lipinski definition) is 2. The highest BCUT2D eigenvalue weighted by atomic mass is 16.2. The van der Waals surface area contributed by atoms with Gasteiger partial charge in [0.2, 0.25) is 0 Å². The number of para-hydroxylation sites is 1. The Morgan fingerprint density at radius 3 is 2.38 bits per heavy atom. The minimum Gasteiger partial charge on any atom is -0.320 e. The van der Waals surface area contributed by atoms with E-state index in [1.807, 2.05) is 18.2 Å². The quantitative estimate of drug-likeness (QED) is 0.388. The maximum atomic E-state index is 11.3. The van der Waals surface area contributed by atoms with Crippen LogP contribution in [0.5, 0.6) is 0 Å². The molecule has 0 bridgehead atoms. The van der Waals surface area contributed by atoms with Crippen molar-refractivity contribution in [3.8, 4) is 0 Å². The minimum atomic E-state index is -0.579. The molecule has 4 N–H and O–H groups in total. The van der Waals surface area contributed by atoms with Gasteiger partial charge in [-0.3, -0.25) is 4.79 Å². The molecule has 70 valence electrons. The van der Waals surface area contributed by atoms with Crippen LogP contribution in [0.4, 0.5) is 5.69 Å². The third-order valence-electron chi connectivity index (χ3n) is 1.66. The number of anilines is 1. The van der Waals surface area contributed by atoms with Crippen LogP contribution in [-0.2, 0) is 4.79 Å². The molecule has 4 nitrogen and oxygen atoms in total. The lowest BCUT2D eigenvalue weighted by Crippen LogP contribution is -2.46. The first-order valence-corrected chi connectivity index (χ1v) is 4.02. The average molecular weight is 179 g/mol. The molecule has 4 heteroatoms. The normalized spacial score (nSPS) is 12.2. The van der Waals surface area contributed by atoms with E-state index in [-0.39, 0.29) is 5.91 Å². The predicted molar refractivity (Wildman–Crippen MR) is 51.8 cm³/mol. The lowest BCUT2D eigenvalue weighted by molar-refractivity contribution is -0.119. The van der Waals surface area contributed by atoms with Gasteiger partial charge in [-0.1, -0.05) is 18.2 Å². The van der Waals surface area contributed by atoms with Gasteiger partial charge in [-0.2, -0.15) is 0 Å². The zero-order valence-electron chi connectivity index (χ0n) is 7.47. The smallest absolute Gasteiger partial charge is 0.257 e. The Labute approximate surface area is 77.1 Å². The molecule has 0 unspecified atom stereocenters. The van der Waals surface area contributed by atoms with E-state index < -0.39 is 6.04 Å². The lowest BCUT2D eigenvalue weighted by Gasteiger charge is -2.18. The summed E-state index contributed by atoms with van der Waals surface area (Å²) in [4.78, 5) is 11.3. The molecule has 0 aliphatic carbocycles. The van der Waals surface area contributed by atoms with Crippen molar-refractivity contribution in [1.82, 2.24) is 0 Å². The predicted octanol–water partition coefficient (Wildman–Crippen LogP) is 0.241. The van der Waals surface area contributed by atoms with Crippen LogP contribution in [0, 0.1) is 0 Å². The van der Waals surface area contributed by atoms with Crippen molar-refractivity contribution in [2.24, 2.45) is 11.6 Å². The monoisotopic (exact) mass is 179 g/mol. The average Bonchev–Trinajstić information content (AvgIpc) is 2.17. The molecule has 0 aliphatic rings. The first-order valence-electron chi connectivity index (χ1n) is 4.02. The summed E-state index contributed by atoms with van der Waals surface area (Å²) in [6.07, 6.45) is 0. The molecular weight excluding hydrogens is 166 g/mol. The van der Waals surface area contributed by atoms with Crippen molar-refractivity contribution >= 4 is 11.6 Å². The van der Waals surface area contributed by atoms with Gasteiger partial charge in [0.15, 0.2) is 0 Å². The summed E-state index contributed by atoms with van der Waals surface area (Å²) in [7, 11) is 0. The van der Waals surface area contributed by atoms with E-state index in [1.54, 1.807) is 19.1 Å². The van der Waals surface area contributed by atoms with Crippen molar-refractivity contribution in [1.29, 1.82) is 0 Å². The number of carbonyl (C=O) groups is 1. The molecule has 0 saturated heterocycles. The zero-order chi connectivity index (χ0) is 9.84. The zero-order valence-corrected chi connectivity index (χ0v) is 7.47. The molecule has 1 aromatic rings. The lowest BCUT2D eigenvalue weighted by atomic mass is 10.2. The van der Waals surface area contributed by atoms with Gasteiger partial charge in [0.25, 0.3) is 5.91 Å². The Morgan fingerprint density at radius 2 is 1.92 bits per heavy atom. The fourth-order valence-electron chi connectivity index (χ4n) is 0.935. The fraction of sp³-hybridized carbons (Fsp3) is 0.222. The highest BCUT2D eigenvalue weighted by molar-refractivity contribution is 5.95. The number of benzene rings is 1. The molecule has 0 fully saturated rings.